The van der Waals surface area contributed by atoms with Gasteiger partial charge >= 0.3 is 0 Å². The van der Waals surface area contributed by atoms with Crippen LogP contribution in [0.3, 0.4) is 0 Å². The van der Waals surface area contributed by atoms with Gasteiger partial charge in [0.25, 0.3) is 0 Å². The fourth-order valence-electron chi connectivity index (χ4n) is 5.82. The minimum Gasteiger partial charge on any atom is -0.456 e. The predicted octanol–water partition coefficient (Wildman–Crippen LogP) is 10.8. The maximum Gasteiger partial charge on any atom is 0.135 e. The van der Waals surface area contributed by atoms with Crippen LogP contribution in [0.15, 0.2) is 133 Å². The van der Waals surface area contributed by atoms with Crippen LogP contribution in [-0.4, -0.2) is 0 Å². The molecule has 1 aliphatic rings. The first kappa shape index (κ1) is 21.4. The molecule has 0 saturated carbocycles. The quantitative estimate of drug-likeness (QED) is 0.233. The Kier molecular flexibility index (Phi) is 4.76. The molecule has 0 atom stereocenters. The topological polar surface area (TPSA) is 9.23 Å². The molecule has 0 amide bonds. The van der Waals surface area contributed by atoms with E-state index in [1.807, 2.05) is 23.5 Å². The van der Waals surface area contributed by atoms with Crippen molar-refractivity contribution in [3.63, 3.8) is 0 Å². The van der Waals surface area contributed by atoms with Crippen LogP contribution >= 0.6 is 11.3 Å². The van der Waals surface area contributed by atoms with E-state index in [9.17, 15) is 0 Å². The maximum atomic E-state index is 6.32. The lowest BCUT2D eigenvalue weighted by Gasteiger charge is -2.22. The minimum absolute atomic E-state index is 0.920. The molecule has 2 heteroatoms. The van der Waals surface area contributed by atoms with Crippen molar-refractivity contribution in [2.24, 2.45) is 0 Å². The maximum absolute atomic E-state index is 6.32. The first-order valence-corrected chi connectivity index (χ1v) is 13.7. The summed E-state index contributed by atoms with van der Waals surface area (Å²) in [6.07, 6.45) is 0. The van der Waals surface area contributed by atoms with Crippen molar-refractivity contribution >= 4 is 32.9 Å². The number of para-hydroxylation sites is 1. The summed E-state index contributed by atoms with van der Waals surface area (Å²) in [6.45, 7) is 0. The summed E-state index contributed by atoms with van der Waals surface area (Å²) in [7, 11) is 0. The number of hydrogen-bond donors (Lipinski definition) is 0. The molecule has 0 spiro atoms. The van der Waals surface area contributed by atoms with Crippen LogP contribution in [0.5, 0.6) is 11.5 Å². The summed E-state index contributed by atoms with van der Waals surface area (Å²) < 4.78 is 6.32. The SMILES string of the molecule is c1ccc2c(c1)Oc1ccc(-c3ccc(-c4ccccc4-c4cccc5ccccc45)s3)c3cccc-2c13. The summed E-state index contributed by atoms with van der Waals surface area (Å²) in [4.78, 5) is 2.53. The van der Waals surface area contributed by atoms with Crippen LogP contribution in [0.4, 0.5) is 0 Å². The molecular formula is C36H22OS. The van der Waals surface area contributed by atoms with Gasteiger partial charge in [-0.25, -0.2) is 0 Å². The van der Waals surface area contributed by atoms with Crippen molar-refractivity contribution < 1.29 is 4.74 Å². The van der Waals surface area contributed by atoms with Gasteiger partial charge in [-0.1, -0.05) is 103 Å². The molecule has 8 rings (SSSR count). The van der Waals surface area contributed by atoms with E-state index in [1.54, 1.807) is 0 Å². The fourth-order valence-corrected chi connectivity index (χ4v) is 6.90. The van der Waals surface area contributed by atoms with Crippen molar-refractivity contribution in [3.8, 4) is 54.6 Å². The van der Waals surface area contributed by atoms with Gasteiger partial charge in [-0.3, -0.25) is 0 Å². The molecule has 6 aromatic carbocycles. The van der Waals surface area contributed by atoms with E-state index in [4.69, 9.17) is 4.74 Å². The molecular weight excluding hydrogens is 480 g/mol. The van der Waals surface area contributed by atoms with Gasteiger partial charge in [0, 0.05) is 20.7 Å². The molecule has 0 bridgehead atoms. The van der Waals surface area contributed by atoms with Gasteiger partial charge < -0.3 is 4.74 Å². The summed E-state index contributed by atoms with van der Waals surface area (Å²) in [5, 5.41) is 4.96. The average molecular weight is 503 g/mol. The zero-order valence-corrected chi connectivity index (χ0v) is 21.3. The van der Waals surface area contributed by atoms with E-state index < -0.39 is 0 Å². The van der Waals surface area contributed by atoms with Gasteiger partial charge in [-0.15, -0.1) is 11.3 Å². The fraction of sp³-hybridized carbons (Fsp3) is 0. The standard InChI is InChI=1S/C36H22OS/c1-2-11-24-23(9-1)10-7-15-25(24)26-12-3-4-14-28(26)34-21-22-35(38-34)29-19-20-33-36-30(16-8-17-31(29)36)27-13-5-6-18-32(27)37-33/h1-22H. The lowest BCUT2D eigenvalue weighted by atomic mass is 9.92. The number of hydrogen-bond acceptors (Lipinski definition) is 2. The van der Waals surface area contributed by atoms with Gasteiger partial charge in [-0.2, -0.15) is 0 Å². The molecule has 1 nitrogen and oxygen atoms in total. The van der Waals surface area contributed by atoms with Crippen LogP contribution < -0.4 is 4.74 Å². The van der Waals surface area contributed by atoms with Crippen molar-refractivity contribution in [1.29, 1.82) is 0 Å². The molecule has 2 heterocycles. The van der Waals surface area contributed by atoms with E-state index in [-0.39, 0.29) is 0 Å². The Morgan fingerprint density at radius 3 is 1.92 bits per heavy atom. The third-order valence-corrected chi connectivity index (χ3v) is 8.70. The Labute approximate surface area is 225 Å². The zero-order chi connectivity index (χ0) is 25.1. The molecule has 38 heavy (non-hydrogen) atoms. The lowest BCUT2D eigenvalue weighted by molar-refractivity contribution is 0.487. The van der Waals surface area contributed by atoms with Gasteiger partial charge in [0.1, 0.15) is 11.5 Å². The van der Waals surface area contributed by atoms with Gasteiger partial charge in [-0.05, 0) is 74.3 Å². The monoisotopic (exact) mass is 502 g/mol. The van der Waals surface area contributed by atoms with Crippen molar-refractivity contribution in [2.45, 2.75) is 0 Å². The number of ether oxygens (including phenoxy) is 1. The van der Waals surface area contributed by atoms with Gasteiger partial charge in [0.2, 0.25) is 0 Å². The highest BCUT2D eigenvalue weighted by atomic mass is 32.1. The largest absolute Gasteiger partial charge is 0.456 e. The highest BCUT2D eigenvalue weighted by Crippen LogP contribution is 2.49. The normalized spacial score (nSPS) is 11.9. The van der Waals surface area contributed by atoms with E-state index in [0.29, 0.717) is 0 Å². The van der Waals surface area contributed by atoms with E-state index in [1.165, 1.54) is 59.1 Å². The number of thiophene rings is 1. The van der Waals surface area contributed by atoms with Crippen molar-refractivity contribution in [3.05, 3.63) is 133 Å². The first-order chi connectivity index (χ1) is 18.8. The van der Waals surface area contributed by atoms with E-state index in [2.05, 4.69) is 121 Å². The Hall–Kier alpha value is -4.66. The molecule has 0 fully saturated rings. The van der Waals surface area contributed by atoms with Crippen LogP contribution in [-0.2, 0) is 0 Å². The smallest absolute Gasteiger partial charge is 0.135 e. The van der Waals surface area contributed by atoms with Gasteiger partial charge in [0.15, 0.2) is 0 Å². The molecule has 0 aliphatic carbocycles. The van der Waals surface area contributed by atoms with E-state index >= 15 is 0 Å². The lowest BCUT2D eigenvalue weighted by Crippen LogP contribution is -1.97. The van der Waals surface area contributed by atoms with Gasteiger partial charge in [0.05, 0.1) is 0 Å². The molecule has 1 aromatic heterocycles. The Bertz CT molecular complexity index is 2010. The highest BCUT2D eigenvalue weighted by Gasteiger charge is 2.22. The second-order valence-electron chi connectivity index (χ2n) is 9.67. The second kappa shape index (κ2) is 8.44. The third kappa shape index (κ3) is 3.24. The highest BCUT2D eigenvalue weighted by molar-refractivity contribution is 7.19. The molecule has 178 valence electrons. The predicted molar refractivity (Wildman–Crippen MR) is 161 cm³/mol. The molecule has 0 N–H and O–H groups in total. The zero-order valence-electron chi connectivity index (χ0n) is 20.5. The summed E-state index contributed by atoms with van der Waals surface area (Å²) in [5.41, 5.74) is 7.43. The molecule has 0 radical (unpaired) electrons. The van der Waals surface area contributed by atoms with Crippen LogP contribution in [0.25, 0.3) is 64.7 Å². The Morgan fingerprint density at radius 2 is 1.00 bits per heavy atom. The van der Waals surface area contributed by atoms with Crippen LogP contribution in [0.2, 0.25) is 0 Å². The average Bonchev–Trinajstić information content (AvgIpc) is 3.47. The molecule has 7 aromatic rings. The first-order valence-electron chi connectivity index (χ1n) is 12.9. The number of fused-ring (bicyclic) bond motifs is 3. The number of rotatable bonds is 3. The summed E-state index contributed by atoms with van der Waals surface area (Å²) in [6, 6.07) is 47.7. The summed E-state index contributed by atoms with van der Waals surface area (Å²) in [5.74, 6) is 1.85. The van der Waals surface area contributed by atoms with E-state index in [0.717, 1.165) is 17.1 Å². The molecule has 0 saturated heterocycles. The molecule has 0 unspecified atom stereocenters. The summed E-state index contributed by atoms with van der Waals surface area (Å²) >= 11 is 1.85. The second-order valence-corrected chi connectivity index (χ2v) is 10.8. The van der Waals surface area contributed by atoms with Crippen molar-refractivity contribution in [2.75, 3.05) is 0 Å². The Morgan fingerprint density at radius 1 is 0.368 bits per heavy atom. The van der Waals surface area contributed by atoms with Crippen LogP contribution in [0.1, 0.15) is 0 Å². The third-order valence-electron chi connectivity index (χ3n) is 7.54. The molecule has 1 aliphatic heterocycles. The minimum atomic E-state index is 0.920. The van der Waals surface area contributed by atoms with Crippen molar-refractivity contribution in [1.82, 2.24) is 0 Å². The Balaban J connectivity index is 1.28. The van der Waals surface area contributed by atoms with Crippen LogP contribution in [0, 0.1) is 0 Å². The number of benzene rings is 6.